The lowest BCUT2D eigenvalue weighted by atomic mass is 10.2. The zero-order valence-electron chi connectivity index (χ0n) is 17.3. The summed E-state index contributed by atoms with van der Waals surface area (Å²) in [5, 5.41) is 12.5. The smallest absolute Gasteiger partial charge is 0.295 e. The summed E-state index contributed by atoms with van der Waals surface area (Å²) in [5.41, 5.74) is 2.23. The monoisotopic (exact) mass is 405 g/mol. The maximum Gasteiger partial charge on any atom is 0.295 e. The Bertz CT molecular complexity index is 1280. The number of benzene rings is 1. The number of nitrogens with one attached hydrogen (secondary N) is 1. The summed E-state index contributed by atoms with van der Waals surface area (Å²) in [7, 11) is 0. The van der Waals surface area contributed by atoms with Crippen molar-refractivity contribution in [1.82, 2.24) is 24.9 Å². The van der Waals surface area contributed by atoms with Gasteiger partial charge in [-0.1, -0.05) is 18.2 Å². The van der Waals surface area contributed by atoms with Crippen LogP contribution in [0.2, 0.25) is 0 Å². The van der Waals surface area contributed by atoms with Crippen LogP contribution < -0.4 is 10.9 Å². The van der Waals surface area contributed by atoms with Gasteiger partial charge in [-0.25, -0.2) is 9.36 Å². The fraction of sp³-hybridized carbons (Fsp3) is 0.273. The molecule has 1 aromatic carbocycles. The van der Waals surface area contributed by atoms with E-state index >= 15 is 0 Å². The second kappa shape index (κ2) is 7.62. The second-order valence-electron chi connectivity index (χ2n) is 7.30. The Kier molecular flexibility index (Phi) is 4.99. The fourth-order valence-corrected chi connectivity index (χ4v) is 3.55. The van der Waals surface area contributed by atoms with Gasteiger partial charge in [-0.15, -0.1) is 0 Å². The molecule has 0 spiro atoms. The van der Waals surface area contributed by atoms with Crippen LogP contribution in [0.15, 0.2) is 51.7 Å². The van der Waals surface area contributed by atoms with Gasteiger partial charge in [0.05, 0.1) is 29.0 Å². The van der Waals surface area contributed by atoms with Gasteiger partial charge in [0.1, 0.15) is 17.6 Å². The zero-order valence-corrected chi connectivity index (χ0v) is 17.3. The van der Waals surface area contributed by atoms with Crippen molar-refractivity contribution in [2.24, 2.45) is 0 Å². The van der Waals surface area contributed by atoms with E-state index in [9.17, 15) is 9.59 Å². The van der Waals surface area contributed by atoms with Gasteiger partial charge in [-0.2, -0.15) is 10.2 Å². The van der Waals surface area contributed by atoms with Crippen molar-refractivity contribution in [3.05, 3.63) is 75.7 Å². The average Bonchev–Trinajstić information content (AvgIpc) is 3.32. The van der Waals surface area contributed by atoms with Gasteiger partial charge >= 0.3 is 0 Å². The SMILES string of the molecule is Cc1ccc(CNC(=O)[C@@H](C)n2nc(C)c3c(C)n(-c4ccccc4)nc3c2=O)o1. The summed E-state index contributed by atoms with van der Waals surface area (Å²) in [4.78, 5) is 25.8. The number of amides is 1. The zero-order chi connectivity index (χ0) is 21.4. The van der Waals surface area contributed by atoms with Crippen LogP contribution in [-0.2, 0) is 11.3 Å². The molecule has 154 valence electrons. The Morgan fingerprint density at radius 3 is 2.50 bits per heavy atom. The maximum absolute atomic E-state index is 13.1. The molecule has 1 amide bonds. The molecular formula is C22H23N5O3. The molecule has 3 aromatic heterocycles. The van der Waals surface area contributed by atoms with Crippen LogP contribution in [0.1, 0.15) is 35.9 Å². The average molecular weight is 405 g/mol. The number of aryl methyl sites for hydroxylation is 3. The van der Waals surface area contributed by atoms with Gasteiger partial charge in [0.2, 0.25) is 5.91 Å². The van der Waals surface area contributed by atoms with Crippen LogP contribution >= 0.6 is 0 Å². The van der Waals surface area contributed by atoms with Gasteiger partial charge in [0.25, 0.3) is 5.56 Å². The van der Waals surface area contributed by atoms with Gasteiger partial charge in [-0.05, 0) is 52.0 Å². The van der Waals surface area contributed by atoms with Gasteiger partial charge < -0.3 is 9.73 Å². The van der Waals surface area contributed by atoms with Crippen molar-refractivity contribution < 1.29 is 9.21 Å². The summed E-state index contributed by atoms with van der Waals surface area (Å²) < 4.78 is 8.39. The highest BCUT2D eigenvalue weighted by Gasteiger charge is 2.23. The number of aromatic nitrogens is 4. The number of para-hydroxylation sites is 1. The standard InChI is InChI=1S/C22H23N5O3/c1-13-10-11-18(30-13)12-23-21(28)16(4)27-22(29)20-19(14(2)24-27)15(3)26(25-20)17-8-6-5-7-9-17/h5-11,16H,12H2,1-4H3,(H,23,28)/t16-/m1/s1. The summed E-state index contributed by atoms with van der Waals surface area (Å²) >= 11 is 0. The number of fused-ring (bicyclic) bond motifs is 1. The third kappa shape index (κ3) is 3.41. The third-order valence-corrected chi connectivity index (χ3v) is 5.13. The minimum absolute atomic E-state index is 0.245. The van der Waals surface area contributed by atoms with Crippen molar-refractivity contribution in [2.75, 3.05) is 0 Å². The molecule has 0 aliphatic rings. The van der Waals surface area contributed by atoms with Crippen LogP contribution in [-0.4, -0.2) is 25.5 Å². The Morgan fingerprint density at radius 1 is 1.10 bits per heavy atom. The lowest BCUT2D eigenvalue weighted by Gasteiger charge is -2.14. The molecule has 1 N–H and O–H groups in total. The van der Waals surface area contributed by atoms with E-state index in [1.54, 1.807) is 17.7 Å². The molecule has 0 unspecified atom stereocenters. The normalized spacial score (nSPS) is 12.3. The van der Waals surface area contributed by atoms with E-state index in [1.807, 2.05) is 57.2 Å². The Labute approximate surface area is 173 Å². The molecule has 30 heavy (non-hydrogen) atoms. The first-order chi connectivity index (χ1) is 14.4. The van der Waals surface area contributed by atoms with Gasteiger partial charge in [-0.3, -0.25) is 9.59 Å². The van der Waals surface area contributed by atoms with Crippen molar-refractivity contribution in [3.63, 3.8) is 0 Å². The molecule has 0 radical (unpaired) electrons. The van der Waals surface area contributed by atoms with E-state index in [0.717, 1.165) is 17.1 Å². The molecule has 4 rings (SSSR count). The number of rotatable bonds is 5. The number of nitrogens with zero attached hydrogens (tertiary/aromatic N) is 4. The van der Waals surface area contributed by atoms with E-state index in [1.165, 1.54) is 4.68 Å². The minimum Gasteiger partial charge on any atom is -0.465 e. The molecule has 3 heterocycles. The number of hydrogen-bond acceptors (Lipinski definition) is 5. The molecule has 4 aromatic rings. The maximum atomic E-state index is 13.1. The summed E-state index contributed by atoms with van der Waals surface area (Å²) in [6, 6.07) is 12.4. The highest BCUT2D eigenvalue weighted by atomic mass is 16.3. The lowest BCUT2D eigenvalue weighted by Crippen LogP contribution is -2.37. The van der Waals surface area contributed by atoms with E-state index in [2.05, 4.69) is 15.5 Å². The van der Waals surface area contributed by atoms with Crippen LogP contribution in [0.4, 0.5) is 0 Å². The van der Waals surface area contributed by atoms with Crippen molar-refractivity contribution in [2.45, 2.75) is 40.3 Å². The highest BCUT2D eigenvalue weighted by Crippen LogP contribution is 2.21. The predicted molar refractivity (Wildman–Crippen MR) is 113 cm³/mol. The Morgan fingerprint density at radius 2 is 1.83 bits per heavy atom. The lowest BCUT2D eigenvalue weighted by molar-refractivity contribution is -0.124. The number of carbonyl (C=O) groups excluding carboxylic acids is 1. The molecule has 8 heteroatoms. The first-order valence-electron chi connectivity index (χ1n) is 9.74. The molecule has 0 saturated heterocycles. The fourth-order valence-electron chi connectivity index (χ4n) is 3.55. The highest BCUT2D eigenvalue weighted by molar-refractivity contribution is 5.84. The molecule has 0 bridgehead atoms. The molecule has 8 nitrogen and oxygen atoms in total. The van der Waals surface area contributed by atoms with Gasteiger partial charge in [0, 0.05) is 0 Å². The van der Waals surface area contributed by atoms with E-state index in [-0.39, 0.29) is 12.5 Å². The summed E-state index contributed by atoms with van der Waals surface area (Å²) in [6.45, 7) is 7.45. The minimum atomic E-state index is -0.793. The summed E-state index contributed by atoms with van der Waals surface area (Å²) in [6.07, 6.45) is 0. The molecule has 0 aliphatic carbocycles. The van der Waals surface area contributed by atoms with E-state index < -0.39 is 11.6 Å². The largest absolute Gasteiger partial charge is 0.465 e. The second-order valence-corrected chi connectivity index (χ2v) is 7.30. The number of furan rings is 1. The van der Waals surface area contributed by atoms with E-state index in [4.69, 9.17) is 4.42 Å². The topological polar surface area (TPSA) is 95.0 Å². The number of hydrogen-bond donors (Lipinski definition) is 1. The van der Waals surface area contributed by atoms with Crippen molar-refractivity contribution in [1.29, 1.82) is 0 Å². The molecule has 0 saturated carbocycles. The molecule has 0 fully saturated rings. The number of carbonyl (C=O) groups is 1. The van der Waals surface area contributed by atoms with E-state index in [0.29, 0.717) is 22.4 Å². The molecular weight excluding hydrogens is 382 g/mol. The van der Waals surface area contributed by atoms with Crippen LogP contribution in [0.25, 0.3) is 16.6 Å². The van der Waals surface area contributed by atoms with Gasteiger partial charge in [0.15, 0.2) is 5.52 Å². The van der Waals surface area contributed by atoms with Crippen LogP contribution in [0, 0.1) is 20.8 Å². The van der Waals surface area contributed by atoms with Crippen LogP contribution in [0.5, 0.6) is 0 Å². The Hall–Kier alpha value is -3.68. The predicted octanol–water partition coefficient (Wildman–Crippen LogP) is 2.98. The summed E-state index contributed by atoms with van der Waals surface area (Å²) in [5.74, 6) is 1.10. The quantitative estimate of drug-likeness (QED) is 0.551. The first-order valence-corrected chi connectivity index (χ1v) is 9.74. The molecule has 1 atom stereocenters. The third-order valence-electron chi connectivity index (χ3n) is 5.13. The molecule has 0 aliphatic heterocycles. The Balaban J connectivity index is 1.68. The first kappa shape index (κ1) is 19.6. The van der Waals surface area contributed by atoms with Crippen molar-refractivity contribution in [3.8, 4) is 5.69 Å². The van der Waals surface area contributed by atoms with Crippen molar-refractivity contribution >= 4 is 16.8 Å². The van der Waals surface area contributed by atoms with Crippen LogP contribution in [0.3, 0.4) is 0 Å².